The molecule has 5 rings (SSSR count). The van der Waals surface area contributed by atoms with Crippen LogP contribution >= 0.6 is 0 Å². The standard InChI is InChI=1S/C27H26N4O6S/c32-25(24-21-12-6-4-8-18(21)14-15-28-24)29-22-13-7-5-9-19-16-30(17-23(27(34)35)31(19)26(22)33)38(36,37)20-10-2-1-3-11-20/h1-8,10-12,14-15,19,22-23H,9,13,16-17H2,(H,29,32)(H,34,35)/t19-,22-,23-/m0/s1. The van der Waals surface area contributed by atoms with Crippen molar-refractivity contribution in [3.63, 3.8) is 0 Å². The first kappa shape index (κ1) is 25.6. The highest BCUT2D eigenvalue weighted by Crippen LogP contribution is 2.28. The maximum atomic E-state index is 13.7. The van der Waals surface area contributed by atoms with Crippen molar-refractivity contribution in [2.45, 2.75) is 35.9 Å². The number of pyridine rings is 1. The topological polar surface area (TPSA) is 137 Å². The van der Waals surface area contributed by atoms with Gasteiger partial charge in [0.1, 0.15) is 17.8 Å². The highest BCUT2D eigenvalue weighted by molar-refractivity contribution is 7.89. The van der Waals surface area contributed by atoms with Crippen LogP contribution in [0.15, 0.2) is 83.9 Å². The number of nitrogens with zero attached hydrogens (tertiary/aromatic N) is 3. The van der Waals surface area contributed by atoms with E-state index < -0.39 is 52.5 Å². The lowest BCUT2D eigenvalue weighted by atomic mass is 9.98. The Labute approximate surface area is 219 Å². The summed E-state index contributed by atoms with van der Waals surface area (Å²) in [5.74, 6) is -2.44. The van der Waals surface area contributed by atoms with Gasteiger partial charge in [0, 0.05) is 30.7 Å². The number of benzene rings is 2. The number of rotatable bonds is 5. The van der Waals surface area contributed by atoms with Crippen LogP contribution in [0.4, 0.5) is 0 Å². The third-order valence-electron chi connectivity index (χ3n) is 6.88. The number of sulfonamides is 1. The van der Waals surface area contributed by atoms with Crippen molar-refractivity contribution in [2.24, 2.45) is 0 Å². The van der Waals surface area contributed by atoms with E-state index >= 15 is 0 Å². The van der Waals surface area contributed by atoms with E-state index in [2.05, 4.69) is 10.3 Å². The Balaban J connectivity index is 1.43. The Kier molecular flexibility index (Phi) is 6.96. The first-order valence-electron chi connectivity index (χ1n) is 12.2. The van der Waals surface area contributed by atoms with Gasteiger partial charge in [-0.05, 0) is 36.4 Å². The van der Waals surface area contributed by atoms with E-state index in [0.717, 1.165) is 9.69 Å². The summed E-state index contributed by atoms with van der Waals surface area (Å²) in [6, 6.07) is 13.6. The van der Waals surface area contributed by atoms with Crippen molar-refractivity contribution in [2.75, 3.05) is 13.1 Å². The quantitative estimate of drug-likeness (QED) is 0.478. The van der Waals surface area contributed by atoms with Crippen LogP contribution in [0.3, 0.4) is 0 Å². The summed E-state index contributed by atoms with van der Waals surface area (Å²) < 4.78 is 27.7. The van der Waals surface area contributed by atoms with Gasteiger partial charge >= 0.3 is 5.97 Å². The summed E-state index contributed by atoms with van der Waals surface area (Å²) in [4.78, 5) is 44.8. The molecule has 0 unspecified atom stereocenters. The number of carboxylic acid groups (broad SMARTS) is 1. The lowest BCUT2D eigenvalue weighted by Gasteiger charge is -2.46. The molecule has 3 heterocycles. The summed E-state index contributed by atoms with van der Waals surface area (Å²) in [5.41, 5.74) is 0.159. The number of carboxylic acids is 1. The Morgan fingerprint density at radius 1 is 0.947 bits per heavy atom. The predicted molar refractivity (Wildman–Crippen MR) is 139 cm³/mol. The largest absolute Gasteiger partial charge is 0.480 e. The lowest BCUT2D eigenvalue weighted by molar-refractivity contribution is -0.156. The normalized spacial score (nSPS) is 22.4. The molecule has 2 aliphatic rings. The number of amides is 2. The van der Waals surface area contributed by atoms with Crippen molar-refractivity contribution in [3.8, 4) is 0 Å². The molecule has 3 aromatic rings. The number of carbonyl (C=O) groups excluding carboxylic acids is 2. The van der Waals surface area contributed by atoms with Crippen LogP contribution in [0, 0.1) is 0 Å². The SMILES string of the molecule is O=C(N[C@H]1CC=CC[C@H]2CN(S(=O)(=O)c3ccccc3)C[C@@H](C(=O)O)N2C1=O)c1nccc2ccccc12. The maximum Gasteiger partial charge on any atom is 0.327 e. The van der Waals surface area contributed by atoms with E-state index in [1.807, 2.05) is 12.1 Å². The van der Waals surface area contributed by atoms with Gasteiger partial charge in [0.15, 0.2) is 0 Å². The first-order chi connectivity index (χ1) is 18.3. The molecule has 196 valence electrons. The summed E-state index contributed by atoms with van der Waals surface area (Å²) >= 11 is 0. The number of aliphatic carboxylic acids is 1. The summed E-state index contributed by atoms with van der Waals surface area (Å²) in [6.07, 6.45) is 5.49. The number of hydrogen-bond acceptors (Lipinski definition) is 6. The average molecular weight is 535 g/mol. The molecule has 2 aromatic carbocycles. The van der Waals surface area contributed by atoms with Gasteiger partial charge in [0.25, 0.3) is 5.91 Å². The highest BCUT2D eigenvalue weighted by atomic mass is 32.2. The Bertz CT molecular complexity index is 1520. The molecule has 11 heteroatoms. The van der Waals surface area contributed by atoms with Crippen LogP contribution in [-0.2, 0) is 19.6 Å². The van der Waals surface area contributed by atoms with Crippen LogP contribution in [0.5, 0.6) is 0 Å². The molecule has 0 saturated carbocycles. The van der Waals surface area contributed by atoms with E-state index in [0.29, 0.717) is 5.39 Å². The second-order valence-electron chi connectivity index (χ2n) is 9.24. The predicted octanol–water partition coefficient (Wildman–Crippen LogP) is 2.04. The summed E-state index contributed by atoms with van der Waals surface area (Å²) in [5, 5.41) is 14.2. The van der Waals surface area contributed by atoms with Gasteiger partial charge in [0.05, 0.1) is 4.90 Å². The molecule has 38 heavy (non-hydrogen) atoms. The highest BCUT2D eigenvalue weighted by Gasteiger charge is 2.46. The van der Waals surface area contributed by atoms with Crippen molar-refractivity contribution in [1.82, 2.24) is 19.5 Å². The number of fused-ring (bicyclic) bond motifs is 2. The molecule has 1 aromatic heterocycles. The molecule has 2 aliphatic heterocycles. The molecule has 0 bridgehead atoms. The summed E-state index contributed by atoms with van der Waals surface area (Å²) in [7, 11) is -3.98. The number of carbonyl (C=O) groups is 3. The molecular formula is C27H26N4O6S. The van der Waals surface area contributed by atoms with Crippen molar-refractivity contribution < 1.29 is 27.9 Å². The zero-order valence-corrected chi connectivity index (χ0v) is 21.1. The second-order valence-corrected chi connectivity index (χ2v) is 11.2. The van der Waals surface area contributed by atoms with Crippen LogP contribution in [0.25, 0.3) is 10.8 Å². The molecule has 3 atom stereocenters. The zero-order chi connectivity index (χ0) is 26.9. The van der Waals surface area contributed by atoms with Gasteiger partial charge in [0.2, 0.25) is 15.9 Å². The first-order valence-corrected chi connectivity index (χ1v) is 13.6. The molecule has 10 nitrogen and oxygen atoms in total. The van der Waals surface area contributed by atoms with Crippen LogP contribution in [0.1, 0.15) is 23.3 Å². The van der Waals surface area contributed by atoms with Crippen molar-refractivity contribution in [3.05, 3.63) is 84.7 Å². The fraction of sp³-hybridized carbons (Fsp3) is 0.259. The third kappa shape index (κ3) is 4.77. The lowest BCUT2D eigenvalue weighted by Crippen LogP contribution is -2.66. The van der Waals surface area contributed by atoms with Crippen LogP contribution in [-0.4, -0.2) is 76.7 Å². The smallest absolute Gasteiger partial charge is 0.327 e. The van der Waals surface area contributed by atoms with E-state index in [9.17, 15) is 27.9 Å². The van der Waals surface area contributed by atoms with E-state index in [4.69, 9.17) is 0 Å². The van der Waals surface area contributed by atoms with Crippen LogP contribution in [0.2, 0.25) is 0 Å². The van der Waals surface area contributed by atoms with E-state index in [1.165, 1.54) is 23.2 Å². The minimum atomic E-state index is -3.98. The van der Waals surface area contributed by atoms with Gasteiger partial charge in [-0.15, -0.1) is 0 Å². The molecule has 2 amide bonds. The number of nitrogens with one attached hydrogen (secondary N) is 1. The Morgan fingerprint density at radius 3 is 2.42 bits per heavy atom. The Morgan fingerprint density at radius 2 is 1.66 bits per heavy atom. The molecular weight excluding hydrogens is 508 g/mol. The Hall–Kier alpha value is -4.09. The fourth-order valence-electron chi connectivity index (χ4n) is 5.00. The molecule has 0 aliphatic carbocycles. The van der Waals surface area contributed by atoms with Gasteiger partial charge in [-0.3, -0.25) is 14.6 Å². The number of piperazine rings is 1. The third-order valence-corrected chi connectivity index (χ3v) is 8.73. The number of aromatic nitrogens is 1. The molecule has 2 N–H and O–H groups in total. The maximum absolute atomic E-state index is 13.7. The second kappa shape index (κ2) is 10.3. The van der Waals surface area contributed by atoms with Gasteiger partial charge in [-0.2, -0.15) is 4.31 Å². The van der Waals surface area contributed by atoms with Crippen molar-refractivity contribution in [1.29, 1.82) is 0 Å². The van der Waals surface area contributed by atoms with Crippen LogP contribution < -0.4 is 5.32 Å². The van der Waals surface area contributed by atoms with Gasteiger partial charge in [-0.1, -0.05) is 54.6 Å². The monoisotopic (exact) mass is 534 g/mol. The average Bonchev–Trinajstić information content (AvgIpc) is 2.93. The van der Waals surface area contributed by atoms with E-state index in [-0.39, 0.29) is 30.0 Å². The van der Waals surface area contributed by atoms with Gasteiger partial charge < -0.3 is 15.3 Å². The molecule has 1 saturated heterocycles. The summed E-state index contributed by atoms with van der Waals surface area (Å²) in [6.45, 7) is -0.466. The molecule has 1 fully saturated rings. The van der Waals surface area contributed by atoms with Gasteiger partial charge in [-0.25, -0.2) is 13.2 Å². The molecule has 0 spiro atoms. The molecule has 0 radical (unpaired) electrons. The number of hydrogen-bond donors (Lipinski definition) is 2. The minimum absolute atomic E-state index is 0.0537. The van der Waals surface area contributed by atoms with Crippen molar-refractivity contribution >= 4 is 38.6 Å². The minimum Gasteiger partial charge on any atom is -0.480 e. The fourth-order valence-corrected chi connectivity index (χ4v) is 6.51. The zero-order valence-electron chi connectivity index (χ0n) is 20.3. The van der Waals surface area contributed by atoms with E-state index in [1.54, 1.807) is 48.6 Å².